The van der Waals surface area contributed by atoms with E-state index in [1.54, 1.807) is 0 Å². The number of nitrogens with one attached hydrogen (secondary N) is 2. The van der Waals surface area contributed by atoms with Crippen molar-refractivity contribution in [1.82, 2.24) is 29.3 Å². The Bertz CT molecular complexity index is 1530. The summed E-state index contributed by atoms with van der Waals surface area (Å²) >= 11 is 0. The first kappa shape index (κ1) is 23.5. The molecular formula is C24H24F2N8O2. The highest BCUT2D eigenvalue weighted by molar-refractivity contribution is 5.93. The van der Waals surface area contributed by atoms with Gasteiger partial charge in [0.05, 0.1) is 36.6 Å². The zero-order valence-corrected chi connectivity index (χ0v) is 20.0. The van der Waals surface area contributed by atoms with E-state index in [-0.39, 0.29) is 51.3 Å². The van der Waals surface area contributed by atoms with E-state index in [1.165, 1.54) is 41.7 Å². The highest BCUT2D eigenvalue weighted by atomic mass is 19.1. The summed E-state index contributed by atoms with van der Waals surface area (Å²) in [7, 11) is 2.86. The molecule has 1 fully saturated rings. The number of nitrogens with zero attached hydrogens (tertiary/aromatic N) is 6. The molecule has 1 amide bonds. The van der Waals surface area contributed by atoms with Gasteiger partial charge in [0.1, 0.15) is 11.2 Å². The molecule has 0 aromatic carbocycles. The molecule has 0 unspecified atom stereocenters. The number of fused-ring (bicyclic) bond motifs is 2. The maximum atomic E-state index is 15.3. The van der Waals surface area contributed by atoms with Crippen LogP contribution in [0, 0.1) is 28.4 Å². The molecule has 0 aliphatic heterocycles. The third kappa shape index (κ3) is 3.86. The highest BCUT2D eigenvalue weighted by Crippen LogP contribution is 2.37. The fraction of sp³-hybridized carbons (Fsp3) is 0.375. The van der Waals surface area contributed by atoms with Crippen LogP contribution in [0.3, 0.4) is 0 Å². The van der Waals surface area contributed by atoms with Crippen LogP contribution in [-0.2, 0) is 0 Å². The number of carbonyl (C=O) groups is 1. The number of amides is 1. The fourth-order valence-corrected chi connectivity index (χ4v) is 4.67. The monoisotopic (exact) mass is 494 g/mol. The molecule has 4 aromatic heterocycles. The second-order valence-electron chi connectivity index (χ2n) is 9.17. The van der Waals surface area contributed by atoms with Crippen molar-refractivity contribution in [1.29, 1.82) is 5.26 Å². The third-order valence-electron chi connectivity index (χ3n) is 6.75. The summed E-state index contributed by atoms with van der Waals surface area (Å²) in [5.41, 5.74) is 0.110. The molecule has 0 saturated heterocycles. The van der Waals surface area contributed by atoms with Crippen LogP contribution in [-0.4, -0.2) is 50.1 Å². The summed E-state index contributed by atoms with van der Waals surface area (Å²) in [4.78, 5) is 20.6. The molecule has 0 radical (unpaired) electrons. The predicted octanol–water partition coefficient (Wildman–Crippen LogP) is 3.57. The molecule has 10 nitrogen and oxygen atoms in total. The lowest BCUT2D eigenvalue weighted by Gasteiger charge is -2.32. The number of carbonyl (C=O) groups excluding carboxylic acids is 1. The maximum absolute atomic E-state index is 15.3. The van der Waals surface area contributed by atoms with Crippen LogP contribution in [0.15, 0.2) is 24.7 Å². The molecule has 0 bridgehead atoms. The number of anilines is 1. The quantitative estimate of drug-likeness (QED) is 0.435. The van der Waals surface area contributed by atoms with Crippen molar-refractivity contribution in [3.8, 4) is 23.1 Å². The Hall–Kier alpha value is -4.27. The van der Waals surface area contributed by atoms with Crippen molar-refractivity contribution in [2.24, 2.45) is 5.41 Å². The Balaban J connectivity index is 1.56. The van der Waals surface area contributed by atoms with Gasteiger partial charge in [0.2, 0.25) is 11.8 Å². The number of halogens is 2. The Morgan fingerprint density at radius 3 is 2.69 bits per heavy atom. The molecule has 2 N–H and O–H groups in total. The van der Waals surface area contributed by atoms with Crippen LogP contribution in [0.25, 0.3) is 22.3 Å². The van der Waals surface area contributed by atoms with E-state index >= 15 is 4.39 Å². The number of nitriles is 1. The average molecular weight is 495 g/mol. The zero-order chi connectivity index (χ0) is 25.6. The first-order valence-electron chi connectivity index (χ1n) is 11.5. The standard InChI is InChI=1S/C24H24F2N8O2/c1-24(12-27)6-4-14(5-7-24)30-23-31-22(36-3)19-18(16(26)11-34(19)32-23)13-8-15(25)20-29-9-17(21(35)28-2)33(20)10-13/h8-11,14H,4-7H2,1-3H3,(H,28,35)(H,30,32). The number of hydrogen-bond acceptors (Lipinski definition) is 7. The summed E-state index contributed by atoms with van der Waals surface area (Å²) in [6.45, 7) is 1.96. The van der Waals surface area contributed by atoms with Crippen LogP contribution >= 0.6 is 0 Å². The van der Waals surface area contributed by atoms with Gasteiger partial charge in [0, 0.05) is 24.8 Å². The number of rotatable bonds is 5. The van der Waals surface area contributed by atoms with E-state index in [0.29, 0.717) is 0 Å². The Morgan fingerprint density at radius 1 is 1.28 bits per heavy atom. The number of imidazole rings is 1. The molecule has 4 aromatic rings. The summed E-state index contributed by atoms with van der Waals surface area (Å²) in [5, 5.41) is 19.5. The summed E-state index contributed by atoms with van der Waals surface area (Å²) in [6, 6.07) is 3.59. The van der Waals surface area contributed by atoms with E-state index in [1.807, 2.05) is 6.92 Å². The van der Waals surface area contributed by atoms with Crippen molar-refractivity contribution in [2.45, 2.75) is 38.6 Å². The second-order valence-corrected chi connectivity index (χ2v) is 9.17. The lowest BCUT2D eigenvalue weighted by Crippen LogP contribution is -2.31. The normalized spacial score (nSPS) is 19.8. The van der Waals surface area contributed by atoms with Crippen molar-refractivity contribution < 1.29 is 18.3 Å². The van der Waals surface area contributed by atoms with E-state index in [4.69, 9.17) is 4.74 Å². The fourth-order valence-electron chi connectivity index (χ4n) is 4.67. The van der Waals surface area contributed by atoms with Gasteiger partial charge in [0.15, 0.2) is 17.3 Å². The van der Waals surface area contributed by atoms with E-state index in [9.17, 15) is 14.4 Å². The van der Waals surface area contributed by atoms with Crippen LogP contribution < -0.4 is 15.4 Å². The minimum Gasteiger partial charge on any atom is -0.479 e. The van der Waals surface area contributed by atoms with Gasteiger partial charge < -0.3 is 15.4 Å². The first-order valence-corrected chi connectivity index (χ1v) is 11.5. The Morgan fingerprint density at radius 2 is 2.03 bits per heavy atom. The average Bonchev–Trinajstić information content (AvgIpc) is 3.45. The van der Waals surface area contributed by atoms with Gasteiger partial charge >= 0.3 is 0 Å². The molecule has 5 rings (SSSR count). The molecule has 1 aliphatic carbocycles. The maximum Gasteiger partial charge on any atom is 0.269 e. The van der Waals surface area contributed by atoms with Crippen LogP contribution in [0.5, 0.6) is 5.88 Å². The van der Waals surface area contributed by atoms with Gasteiger partial charge in [-0.1, -0.05) is 0 Å². The van der Waals surface area contributed by atoms with Crippen molar-refractivity contribution in [2.75, 3.05) is 19.5 Å². The van der Waals surface area contributed by atoms with E-state index in [0.717, 1.165) is 31.7 Å². The smallest absolute Gasteiger partial charge is 0.269 e. The van der Waals surface area contributed by atoms with E-state index < -0.39 is 17.5 Å². The topological polar surface area (TPSA) is 122 Å². The number of aromatic nitrogens is 5. The summed E-state index contributed by atoms with van der Waals surface area (Å²) < 4.78 is 38.2. The van der Waals surface area contributed by atoms with Gasteiger partial charge in [-0.25, -0.2) is 18.3 Å². The minimum absolute atomic E-state index is 0.0261. The van der Waals surface area contributed by atoms with Gasteiger partial charge in [-0.15, -0.1) is 5.10 Å². The molecule has 36 heavy (non-hydrogen) atoms. The lowest BCUT2D eigenvalue weighted by molar-refractivity contribution is 0.0957. The molecule has 12 heteroatoms. The molecule has 186 valence electrons. The summed E-state index contributed by atoms with van der Waals surface area (Å²) in [5.74, 6) is -1.49. The van der Waals surface area contributed by atoms with Gasteiger partial charge in [0.25, 0.3) is 5.91 Å². The van der Waals surface area contributed by atoms with Gasteiger partial charge in [-0.2, -0.15) is 10.2 Å². The largest absolute Gasteiger partial charge is 0.479 e. The molecule has 0 atom stereocenters. The molecule has 1 aliphatic rings. The highest BCUT2D eigenvalue weighted by Gasteiger charge is 2.31. The molecule has 4 heterocycles. The Labute approximate surface area is 204 Å². The van der Waals surface area contributed by atoms with Crippen molar-refractivity contribution in [3.63, 3.8) is 0 Å². The SMILES string of the molecule is CNC(=O)c1cnc2c(F)cc(-c3c(F)cn4nc(NC5CCC(C)(C#N)CC5)nc(OC)c34)cn12. The number of methoxy groups -OCH3 is 1. The molecule has 0 spiro atoms. The predicted molar refractivity (Wildman–Crippen MR) is 127 cm³/mol. The second kappa shape index (κ2) is 8.75. The van der Waals surface area contributed by atoms with Crippen molar-refractivity contribution in [3.05, 3.63) is 42.0 Å². The van der Waals surface area contributed by atoms with Crippen LogP contribution in [0.1, 0.15) is 43.1 Å². The molecular weight excluding hydrogens is 470 g/mol. The minimum atomic E-state index is -0.721. The number of hydrogen-bond donors (Lipinski definition) is 2. The van der Waals surface area contributed by atoms with Gasteiger partial charge in [-0.3, -0.25) is 9.20 Å². The zero-order valence-electron chi connectivity index (χ0n) is 20.0. The summed E-state index contributed by atoms with van der Waals surface area (Å²) in [6.07, 6.45) is 6.92. The third-order valence-corrected chi connectivity index (χ3v) is 6.75. The van der Waals surface area contributed by atoms with Crippen LogP contribution in [0.2, 0.25) is 0 Å². The van der Waals surface area contributed by atoms with Gasteiger partial charge in [-0.05, 0) is 38.7 Å². The van der Waals surface area contributed by atoms with E-state index in [2.05, 4.69) is 31.8 Å². The Kier molecular flexibility index (Phi) is 5.70. The number of pyridine rings is 1. The lowest BCUT2D eigenvalue weighted by atomic mass is 9.75. The molecule has 1 saturated carbocycles. The van der Waals surface area contributed by atoms with Crippen LogP contribution in [0.4, 0.5) is 14.7 Å². The number of ether oxygens (including phenoxy) is 1. The first-order chi connectivity index (χ1) is 17.3. The van der Waals surface area contributed by atoms with Crippen molar-refractivity contribution >= 4 is 23.0 Å².